The van der Waals surface area contributed by atoms with E-state index in [0.29, 0.717) is 13.2 Å². The third-order valence-corrected chi connectivity index (χ3v) is 3.09. The second-order valence-corrected chi connectivity index (χ2v) is 4.48. The molecule has 108 valence electrons. The monoisotopic (exact) mass is 267 g/mol. The van der Waals surface area contributed by atoms with Crippen LogP contribution >= 0.6 is 0 Å². The highest BCUT2D eigenvalue weighted by atomic mass is 16.5. The van der Waals surface area contributed by atoms with Gasteiger partial charge in [0.05, 0.1) is 13.2 Å². The van der Waals surface area contributed by atoms with Crippen LogP contribution in [0.5, 0.6) is 5.75 Å². The fraction of sp³-hybridized carbons (Fsp3) is 0.600. The highest BCUT2D eigenvalue weighted by Crippen LogP contribution is 2.24. The van der Waals surface area contributed by atoms with Crippen molar-refractivity contribution in [3.05, 3.63) is 29.8 Å². The SMILES string of the molecule is CCC(N)C(OCCCOC)c1ccc(OC)cc1. The van der Waals surface area contributed by atoms with Gasteiger partial charge in [-0.1, -0.05) is 19.1 Å². The molecule has 0 aromatic heterocycles. The van der Waals surface area contributed by atoms with Crippen LogP contribution in [0.4, 0.5) is 0 Å². The smallest absolute Gasteiger partial charge is 0.118 e. The van der Waals surface area contributed by atoms with Gasteiger partial charge >= 0.3 is 0 Å². The minimum Gasteiger partial charge on any atom is -0.497 e. The highest BCUT2D eigenvalue weighted by molar-refractivity contribution is 5.29. The molecule has 0 fully saturated rings. The molecule has 0 spiro atoms. The molecule has 0 saturated carbocycles. The predicted molar refractivity (Wildman–Crippen MR) is 76.4 cm³/mol. The Morgan fingerprint density at radius 3 is 2.32 bits per heavy atom. The van der Waals surface area contributed by atoms with Crippen molar-refractivity contribution in [2.45, 2.75) is 31.9 Å². The standard InChI is InChI=1S/C15H25NO3/c1-4-14(16)15(19-11-5-10-17-2)12-6-8-13(18-3)9-7-12/h6-9,14-15H,4-5,10-11,16H2,1-3H3. The van der Waals surface area contributed by atoms with Crippen LogP contribution in [-0.2, 0) is 9.47 Å². The molecule has 0 radical (unpaired) electrons. The van der Waals surface area contributed by atoms with Gasteiger partial charge in [-0.2, -0.15) is 0 Å². The van der Waals surface area contributed by atoms with Crippen molar-refractivity contribution in [2.24, 2.45) is 5.73 Å². The van der Waals surface area contributed by atoms with Crippen LogP contribution in [0.3, 0.4) is 0 Å². The Morgan fingerprint density at radius 1 is 1.11 bits per heavy atom. The van der Waals surface area contributed by atoms with E-state index in [1.54, 1.807) is 14.2 Å². The van der Waals surface area contributed by atoms with Crippen LogP contribution in [0, 0.1) is 0 Å². The van der Waals surface area contributed by atoms with Crippen molar-refractivity contribution in [3.63, 3.8) is 0 Å². The summed E-state index contributed by atoms with van der Waals surface area (Å²) in [7, 11) is 3.35. The van der Waals surface area contributed by atoms with Gasteiger partial charge in [-0.05, 0) is 30.5 Å². The lowest BCUT2D eigenvalue weighted by molar-refractivity contribution is 0.0222. The molecule has 4 nitrogen and oxygen atoms in total. The van der Waals surface area contributed by atoms with E-state index in [0.717, 1.165) is 24.2 Å². The maximum atomic E-state index is 6.15. The molecule has 2 unspecified atom stereocenters. The van der Waals surface area contributed by atoms with Crippen LogP contribution in [0.25, 0.3) is 0 Å². The first kappa shape index (κ1) is 16.0. The lowest BCUT2D eigenvalue weighted by Crippen LogP contribution is -2.30. The Balaban J connectivity index is 2.66. The van der Waals surface area contributed by atoms with Gasteiger partial charge < -0.3 is 19.9 Å². The van der Waals surface area contributed by atoms with E-state index < -0.39 is 0 Å². The molecular formula is C15H25NO3. The summed E-state index contributed by atoms with van der Waals surface area (Å²) < 4.78 is 16.1. The molecular weight excluding hydrogens is 242 g/mol. The minimum absolute atomic E-state index is 0.00376. The molecule has 1 aromatic rings. The van der Waals surface area contributed by atoms with Gasteiger partial charge in [0.15, 0.2) is 0 Å². The van der Waals surface area contributed by atoms with E-state index >= 15 is 0 Å². The van der Waals surface area contributed by atoms with Gasteiger partial charge in [-0.15, -0.1) is 0 Å². The Labute approximate surface area is 115 Å². The summed E-state index contributed by atoms with van der Waals surface area (Å²) in [4.78, 5) is 0. The first-order valence-corrected chi connectivity index (χ1v) is 6.73. The summed E-state index contributed by atoms with van der Waals surface area (Å²) in [5.74, 6) is 0.840. The lowest BCUT2D eigenvalue weighted by Gasteiger charge is -2.24. The zero-order valence-corrected chi connectivity index (χ0v) is 12.1. The number of methoxy groups -OCH3 is 2. The summed E-state index contributed by atoms with van der Waals surface area (Å²) in [5.41, 5.74) is 7.24. The van der Waals surface area contributed by atoms with Crippen LogP contribution in [-0.4, -0.2) is 33.5 Å². The third-order valence-electron chi connectivity index (χ3n) is 3.09. The highest BCUT2D eigenvalue weighted by Gasteiger charge is 2.19. The molecule has 2 atom stereocenters. The number of ether oxygens (including phenoxy) is 3. The molecule has 0 amide bonds. The Morgan fingerprint density at radius 2 is 1.79 bits per heavy atom. The van der Waals surface area contributed by atoms with Crippen molar-refractivity contribution in [3.8, 4) is 5.75 Å². The Hall–Kier alpha value is -1.10. The molecule has 0 heterocycles. The maximum absolute atomic E-state index is 6.15. The van der Waals surface area contributed by atoms with Gasteiger partial charge in [0.2, 0.25) is 0 Å². The van der Waals surface area contributed by atoms with Gasteiger partial charge in [-0.3, -0.25) is 0 Å². The third kappa shape index (κ3) is 5.19. The largest absolute Gasteiger partial charge is 0.497 e. The van der Waals surface area contributed by atoms with E-state index in [9.17, 15) is 0 Å². The molecule has 4 heteroatoms. The number of benzene rings is 1. The summed E-state index contributed by atoms with van der Waals surface area (Å²) in [6.45, 7) is 3.43. The number of hydrogen-bond donors (Lipinski definition) is 1. The molecule has 1 rings (SSSR count). The molecule has 0 bridgehead atoms. The van der Waals surface area contributed by atoms with E-state index in [1.807, 2.05) is 24.3 Å². The maximum Gasteiger partial charge on any atom is 0.118 e. The molecule has 0 aliphatic carbocycles. The topological polar surface area (TPSA) is 53.7 Å². The second kappa shape index (κ2) is 8.91. The average molecular weight is 267 g/mol. The van der Waals surface area contributed by atoms with E-state index in [2.05, 4.69) is 6.92 Å². The van der Waals surface area contributed by atoms with Gasteiger partial charge in [0.25, 0.3) is 0 Å². The zero-order chi connectivity index (χ0) is 14.1. The van der Waals surface area contributed by atoms with Gasteiger partial charge in [0.1, 0.15) is 5.75 Å². The van der Waals surface area contributed by atoms with Crippen LogP contribution < -0.4 is 10.5 Å². The summed E-state index contributed by atoms with van der Waals surface area (Å²) in [6, 6.07) is 7.88. The van der Waals surface area contributed by atoms with Crippen molar-refractivity contribution in [1.29, 1.82) is 0 Å². The quantitative estimate of drug-likeness (QED) is 0.699. The van der Waals surface area contributed by atoms with Crippen molar-refractivity contribution < 1.29 is 14.2 Å². The van der Waals surface area contributed by atoms with Crippen LogP contribution in [0.15, 0.2) is 24.3 Å². The second-order valence-electron chi connectivity index (χ2n) is 4.48. The fourth-order valence-corrected chi connectivity index (χ4v) is 1.89. The van der Waals surface area contributed by atoms with E-state index in [-0.39, 0.29) is 12.1 Å². The number of nitrogens with two attached hydrogens (primary N) is 1. The normalized spacial score (nSPS) is 14.1. The Bertz CT molecular complexity index is 340. The first-order valence-electron chi connectivity index (χ1n) is 6.73. The van der Waals surface area contributed by atoms with Crippen LogP contribution in [0.1, 0.15) is 31.4 Å². The van der Waals surface area contributed by atoms with Crippen molar-refractivity contribution in [2.75, 3.05) is 27.4 Å². The number of hydrogen-bond acceptors (Lipinski definition) is 4. The lowest BCUT2D eigenvalue weighted by atomic mass is 10.0. The van der Waals surface area contributed by atoms with Gasteiger partial charge in [-0.25, -0.2) is 0 Å². The molecule has 1 aromatic carbocycles. The summed E-state index contributed by atoms with van der Waals surface area (Å²) >= 11 is 0. The van der Waals surface area contributed by atoms with Gasteiger partial charge in [0, 0.05) is 26.4 Å². The number of rotatable bonds is 9. The summed E-state index contributed by atoms with van der Waals surface area (Å²) in [5, 5.41) is 0. The van der Waals surface area contributed by atoms with E-state index in [4.69, 9.17) is 19.9 Å². The first-order chi connectivity index (χ1) is 9.22. The fourth-order valence-electron chi connectivity index (χ4n) is 1.89. The van der Waals surface area contributed by atoms with E-state index in [1.165, 1.54) is 0 Å². The molecule has 19 heavy (non-hydrogen) atoms. The molecule has 0 aliphatic heterocycles. The van der Waals surface area contributed by atoms with Crippen molar-refractivity contribution in [1.82, 2.24) is 0 Å². The molecule has 0 saturated heterocycles. The minimum atomic E-state index is -0.0761. The molecule has 0 aliphatic rings. The average Bonchev–Trinajstić information content (AvgIpc) is 2.47. The van der Waals surface area contributed by atoms with Crippen molar-refractivity contribution >= 4 is 0 Å². The van der Waals surface area contributed by atoms with Crippen LogP contribution in [0.2, 0.25) is 0 Å². The molecule has 2 N–H and O–H groups in total. The summed E-state index contributed by atoms with van der Waals surface area (Å²) in [6.07, 6.45) is 1.67. The predicted octanol–water partition coefficient (Wildman–Crippen LogP) is 2.53. The Kier molecular flexibility index (Phi) is 7.48. The zero-order valence-electron chi connectivity index (χ0n) is 12.1.